The Hall–Kier alpha value is -3.10. The fraction of sp³-hybridized carbons (Fsp3) is 0. The molecule has 0 bridgehead atoms. The van der Waals surface area contributed by atoms with Gasteiger partial charge in [-0.1, -0.05) is 35.9 Å². The number of hydrogen-bond acceptors (Lipinski definition) is 4. The van der Waals surface area contributed by atoms with Crippen molar-refractivity contribution in [2.45, 2.75) is 0 Å². The molecule has 0 atom stereocenters. The molecule has 0 amide bonds. The summed E-state index contributed by atoms with van der Waals surface area (Å²) in [4.78, 5) is 9.04. The maximum absolute atomic E-state index is 9.55. The molecule has 0 radical (unpaired) electrons. The second-order valence-corrected chi connectivity index (χ2v) is 5.51. The number of fused-ring (bicyclic) bond motifs is 3. The molecule has 0 aliphatic heterocycles. The van der Waals surface area contributed by atoms with Gasteiger partial charge in [-0.3, -0.25) is 4.40 Å². The summed E-state index contributed by atoms with van der Waals surface area (Å²) in [6, 6.07) is 16.9. The van der Waals surface area contributed by atoms with E-state index >= 15 is 0 Å². The van der Waals surface area contributed by atoms with Crippen LogP contribution in [0.25, 0.3) is 28.1 Å². The molecule has 2 N–H and O–H groups in total. The lowest BCUT2D eigenvalue weighted by molar-refractivity contribution is 1.14. The highest BCUT2D eigenvalue weighted by atomic mass is 35.5. The Morgan fingerprint density at radius 1 is 1.04 bits per heavy atom. The highest BCUT2D eigenvalue weighted by molar-refractivity contribution is 6.30. The van der Waals surface area contributed by atoms with E-state index in [1.165, 1.54) is 0 Å². The number of benzene rings is 2. The molecule has 110 valence electrons. The first-order valence-corrected chi connectivity index (χ1v) is 7.29. The third-order valence-electron chi connectivity index (χ3n) is 3.72. The fourth-order valence-corrected chi connectivity index (χ4v) is 2.77. The first kappa shape index (κ1) is 13.6. The number of nitrogens with zero attached hydrogens (tertiary/aromatic N) is 4. The number of nitrogens with two attached hydrogens (primary N) is 1. The zero-order valence-corrected chi connectivity index (χ0v) is 12.6. The summed E-state index contributed by atoms with van der Waals surface area (Å²) in [5.41, 5.74) is 9.45. The van der Waals surface area contributed by atoms with Crippen LogP contribution in [0.4, 0.5) is 5.82 Å². The first-order valence-electron chi connectivity index (χ1n) is 6.92. The Morgan fingerprint density at radius 3 is 2.52 bits per heavy atom. The van der Waals surface area contributed by atoms with Gasteiger partial charge in [0.25, 0.3) is 0 Å². The maximum Gasteiger partial charge on any atom is 0.237 e. The van der Waals surface area contributed by atoms with E-state index in [0.717, 1.165) is 16.6 Å². The fourth-order valence-electron chi connectivity index (χ4n) is 2.64. The van der Waals surface area contributed by atoms with E-state index in [1.807, 2.05) is 36.4 Å². The average Bonchev–Trinajstić information content (AvgIpc) is 2.94. The summed E-state index contributed by atoms with van der Waals surface area (Å²) < 4.78 is 1.70. The molecule has 0 aliphatic carbocycles. The molecule has 6 heteroatoms. The predicted molar refractivity (Wildman–Crippen MR) is 90.1 cm³/mol. The van der Waals surface area contributed by atoms with Gasteiger partial charge in [-0.2, -0.15) is 5.26 Å². The molecule has 4 aromatic rings. The number of imidazole rings is 1. The standard InChI is InChI=1S/C17H10ClN5/c18-11-7-5-10(6-8-11)15-12(9-19)16(20)23-14-4-2-1-3-13(14)21-17(23)22-15/h1-8H,20H2. The largest absolute Gasteiger partial charge is 0.384 e. The Bertz CT molecular complexity index is 1090. The lowest BCUT2D eigenvalue weighted by Gasteiger charge is -2.09. The minimum Gasteiger partial charge on any atom is -0.384 e. The lowest BCUT2D eigenvalue weighted by atomic mass is 10.1. The normalized spacial score (nSPS) is 11.0. The zero-order valence-electron chi connectivity index (χ0n) is 11.9. The molecule has 2 aromatic heterocycles. The van der Waals surface area contributed by atoms with Gasteiger partial charge in [-0.25, -0.2) is 9.97 Å². The maximum atomic E-state index is 9.55. The van der Waals surface area contributed by atoms with Crippen LogP contribution in [0.1, 0.15) is 5.56 Å². The number of nitrogen functional groups attached to an aromatic ring is 1. The second kappa shape index (κ2) is 4.97. The van der Waals surface area contributed by atoms with E-state index in [2.05, 4.69) is 16.0 Å². The lowest BCUT2D eigenvalue weighted by Crippen LogP contribution is -2.05. The monoisotopic (exact) mass is 319 g/mol. The minimum absolute atomic E-state index is 0.322. The molecule has 0 unspecified atom stereocenters. The molecule has 23 heavy (non-hydrogen) atoms. The van der Waals surface area contributed by atoms with Gasteiger partial charge in [0.1, 0.15) is 17.5 Å². The van der Waals surface area contributed by atoms with Crippen molar-refractivity contribution in [3.05, 3.63) is 59.1 Å². The van der Waals surface area contributed by atoms with E-state index in [4.69, 9.17) is 17.3 Å². The van der Waals surface area contributed by atoms with Gasteiger partial charge in [0.05, 0.1) is 16.7 Å². The molecule has 0 saturated heterocycles. The van der Waals surface area contributed by atoms with Crippen molar-refractivity contribution in [1.82, 2.24) is 14.4 Å². The molecule has 5 nitrogen and oxygen atoms in total. The highest BCUT2D eigenvalue weighted by Crippen LogP contribution is 2.29. The molecule has 0 saturated carbocycles. The van der Waals surface area contributed by atoms with Crippen LogP contribution < -0.4 is 5.73 Å². The summed E-state index contributed by atoms with van der Waals surface area (Å²) in [6.07, 6.45) is 0. The number of hydrogen-bond donors (Lipinski definition) is 1. The minimum atomic E-state index is 0.322. The van der Waals surface area contributed by atoms with Crippen LogP contribution in [0.15, 0.2) is 48.5 Å². The van der Waals surface area contributed by atoms with Crippen LogP contribution in [-0.2, 0) is 0 Å². The van der Waals surface area contributed by atoms with Crippen molar-refractivity contribution < 1.29 is 0 Å². The summed E-state index contributed by atoms with van der Waals surface area (Å²) in [6.45, 7) is 0. The van der Waals surface area contributed by atoms with Crippen molar-refractivity contribution in [1.29, 1.82) is 5.26 Å². The summed E-state index contributed by atoms with van der Waals surface area (Å²) >= 11 is 5.93. The van der Waals surface area contributed by atoms with Gasteiger partial charge in [-0.05, 0) is 24.3 Å². The second-order valence-electron chi connectivity index (χ2n) is 5.08. The summed E-state index contributed by atoms with van der Waals surface area (Å²) in [7, 11) is 0. The van der Waals surface area contributed by atoms with Gasteiger partial charge in [-0.15, -0.1) is 0 Å². The predicted octanol–water partition coefficient (Wildman–Crippen LogP) is 3.66. The van der Waals surface area contributed by atoms with E-state index < -0.39 is 0 Å². The van der Waals surface area contributed by atoms with Crippen LogP contribution in [0.5, 0.6) is 0 Å². The molecule has 4 rings (SSSR count). The van der Waals surface area contributed by atoms with Crippen LogP contribution in [0.2, 0.25) is 5.02 Å². The van der Waals surface area contributed by atoms with E-state index in [0.29, 0.717) is 27.9 Å². The molecule has 0 spiro atoms. The Morgan fingerprint density at radius 2 is 1.78 bits per heavy atom. The van der Waals surface area contributed by atoms with Crippen LogP contribution in [0.3, 0.4) is 0 Å². The van der Waals surface area contributed by atoms with E-state index in [1.54, 1.807) is 16.5 Å². The smallest absolute Gasteiger partial charge is 0.237 e. The number of halogens is 1. The molecule has 2 aromatic carbocycles. The highest BCUT2D eigenvalue weighted by Gasteiger charge is 2.17. The number of para-hydroxylation sites is 2. The van der Waals surface area contributed by atoms with Crippen molar-refractivity contribution in [3.8, 4) is 17.3 Å². The molecular formula is C17H10ClN5. The van der Waals surface area contributed by atoms with Gasteiger partial charge in [0.15, 0.2) is 0 Å². The number of aromatic nitrogens is 3. The van der Waals surface area contributed by atoms with Gasteiger partial charge < -0.3 is 5.73 Å². The zero-order chi connectivity index (χ0) is 16.0. The van der Waals surface area contributed by atoms with Gasteiger partial charge >= 0.3 is 0 Å². The third kappa shape index (κ3) is 2.00. The van der Waals surface area contributed by atoms with Crippen LogP contribution in [0, 0.1) is 11.3 Å². The Labute approximate surface area is 136 Å². The average molecular weight is 320 g/mol. The van der Waals surface area contributed by atoms with Crippen molar-refractivity contribution in [2.24, 2.45) is 0 Å². The quantitative estimate of drug-likeness (QED) is 0.580. The van der Waals surface area contributed by atoms with Crippen molar-refractivity contribution in [2.75, 3.05) is 5.73 Å². The summed E-state index contributed by atoms with van der Waals surface area (Å²) in [5.74, 6) is 0.795. The number of anilines is 1. The first-order chi connectivity index (χ1) is 11.2. The van der Waals surface area contributed by atoms with E-state index in [-0.39, 0.29) is 0 Å². The van der Waals surface area contributed by atoms with Crippen molar-refractivity contribution >= 4 is 34.2 Å². The van der Waals surface area contributed by atoms with Crippen molar-refractivity contribution in [3.63, 3.8) is 0 Å². The summed E-state index contributed by atoms with van der Waals surface area (Å²) in [5, 5.41) is 10.2. The SMILES string of the molecule is N#Cc1c(-c2ccc(Cl)cc2)nc2nc3ccccc3n2c1N. The van der Waals surface area contributed by atoms with Gasteiger partial charge in [0.2, 0.25) is 5.78 Å². The Kier molecular flexibility index (Phi) is 2.93. The molecule has 0 aliphatic rings. The number of rotatable bonds is 1. The Balaban J connectivity index is 2.11. The van der Waals surface area contributed by atoms with Crippen LogP contribution in [-0.4, -0.2) is 14.4 Å². The molecule has 2 heterocycles. The topological polar surface area (TPSA) is 80.0 Å². The number of nitriles is 1. The van der Waals surface area contributed by atoms with Crippen LogP contribution >= 0.6 is 11.6 Å². The van der Waals surface area contributed by atoms with E-state index in [9.17, 15) is 5.26 Å². The third-order valence-corrected chi connectivity index (χ3v) is 3.97. The molecular weight excluding hydrogens is 310 g/mol. The molecule has 0 fully saturated rings. The van der Waals surface area contributed by atoms with Gasteiger partial charge in [0, 0.05) is 10.6 Å².